The van der Waals surface area contributed by atoms with Crippen LogP contribution in [0.15, 0.2) is 11.5 Å². The molecular weight excluding hydrogens is 118 g/mol. The molecule has 0 amide bonds. The molecule has 1 aliphatic heterocycles. The van der Waals surface area contributed by atoms with Crippen LogP contribution >= 0.6 is 11.9 Å². The number of hydrogen-bond acceptors (Lipinski definition) is 2. The van der Waals surface area contributed by atoms with Gasteiger partial charge in [0.1, 0.15) is 0 Å². The third kappa shape index (κ3) is 0.782. The first kappa shape index (κ1) is 4.89. The maximum atomic E-state index is 2.44. The Morgan fingerprint density at radius 2 is 2.38 bits per heavy atom. The van der Waals surface area contributed by atoms with Gasteiger partial charge in [-0.05, 0) is 30.2 Å². The number of rotatable bonds is 1. The Bertz CT molecular complexity index is 110. The van der Waals surface area contributed by atoms with E-state index in [0.29, 0.717) is 0 Å². The maximum Gasteiger partial charge on any atom is 0.0285 e. The van der Waals surface area contributed by atoms with E-state index in [1.807, 2.05) is 11.9 Å². The van der Waals surface area contributed by atoms with Gasteiger partial charge in [0, 0.05) is 12.6 Å². The molecule has 1 fully saturated rings. The summed E-state index contributed by atoms with van der Waals surface area (Å²) in [7, 11) is 0. The summed E-state index contributed by atoms with van der Waals surface area (Å²) in [5.41, 5.74) is 0. The Morgan fingerprint density at radius 1 is 1.50 bits per heavy atom. The van der Waals surface area contributed by atoms with Crippen molar-refractivity contribution in [2.24, 2.45) is 0 Å². The maximum absolute atomic E-state index is 2.44. The highest BCUT2D eigenvalue weighted by Crippen LogP contribution is 2.34. The minimum absolute atomic E-state index is 0.926. The highest BCUT2D eigenvalue weighted by atomic mass is 32.2. The van der Waals surface area contributed by atoms with Crippen LogP contribution in [0.5, 0.6) is 0 Å². The van der Waals surface area contributed by atoms with E-state index in [1.165, 1.54) is 19.4 Å². The zero-order valence-electron chi connectivity index (χ0n) is 4.71. The Labute approximate surface area is 53.9 Å². The third-order valence-corrected chi connectivity index (χ3v) is 2.56. The zero-order chi connectivity index (χ0) is 5.40. The van der Waals surface area contributed by atoms with Gasteiger partial charge < -0.3 is 0 Å². The van der Waals surface area contributed by atoms with Crippen LogP contribution in [-0.4, -0.2) is 16.9 Å². The first-order chi connectivity index (χ1) is 3.97. The molecule has 0 unspecified atom stereocenters. The second-order valence-corrected chi connectivity index (χ2v) is 3.26. The molecule has 0 bridgehead atoms. The molecule has 0 aromatic rings. The van der Waals surface area contributed by atoms with Gasteiger partial charge in [-0.25, -0.2) is 4.31 Å². The molecule has 8 heavy (non-hydrogen) atoms. The second-order valence-electron chi connectivity index (χ2n) is 2.31. The van der Waals surface area contributed by atoms with Crippen molar-refractivity contribution in [3.63, 3.8) is 0 Å². The van der Waals surface area contributed by atoms with Crippen LogP contribution in [0.4, 0.5) is 0 Å². The topological polar surface area (TPSA) is 3.24 Å². The van der Waals surface area contributed by atoms with Crippen LogP contribution in [0.1, 0.15) is 12.8 Å². The summed E-state index contributed by atoms with van der Waals surface area (Å²) in [5.74, 6) is 0. The summed E-state index contributed by atoms with van der Waals surface area (Å²) in [4.78, 5) is 0. The Balaban J connectivity index is 1.90. The quantitative estimate of drug-likeness (QED) is 0.492. The molecule has 2 rings (SSSR count). The van der Waals surface area contributed by atoms with Gasteiger partial charge in [-0.2, -0.15) is 0 Å². The summed E-state index contributed by atoms with van der Waals surface area (Å²) < 4.78 is 2.44. The molecule has 1 heterocycles. The Morgan fingerprint density at radius 3 is 2.88 bits per heavy atom. The summed E-state index contributed by atoms with van der Waals surface area (Å²) in [6.45, 7) is 1.18. The van der Waals surface area contributed by atoms with E-state index in [-0.39, 0.29) is 0 Å². The minimum atomic E-state index is 0.926. The van der Waals surface area contributed by atoms with Gasteiger partial charge in [-0.3, -0.25) is 0 Å². The summed E-state index contributed by atoms with van der Waals surface area (Å²) in [6.07, 6.45) is 5.08. The molecule has 1 nitrogen and oxygen atoms in total. The van der Waals surface area contributed by atoms with Crippen LogP contribution in [0.2, 0.25) is 0 Å². The van der Waals surface area contributed by atoms with Crippen molar-refractivity contribution in [2.75, 3.05) is 6.54 Å². The smallest absolute Gasteiger partial charge is 0.0285 e. The van der Waals surface area contributed by atoms with Gasteiger partial charge in [0.2, 0.25) is 0 Å². The fourth-order valence-electron chi connectivity index (χ4n) is 0.909. The lowest BCUT2D eigenvalue weighted by atomic mass is 10.6. The molecule has 0 atom stereocenters. The Kier molecular flexibility index (Phi) is 1.09. The number of hydrogen-bond donors (Lipinski definition) is 0. The van der Waals surface area contributed by atoms with Crippen LogP contribution in [0.3, 0.4) is 0 Å². The molecule has 0 radical (unpaired) electrons. The Hall–Kier alpha value is 0.0500. The average molecular weight is 127 g/mol. The molecule has 2 aliphatic rings. The fourth-order valence-corrected chi connectivity index (χ4v) is 1.79. The van der Waals surface area contributed by atoms with Crippen molar-refractivity contribution in [1.82, 2.24) is 4.31 Å². The van der Waals surface area contributed by atoms with Gasteiger partial charge in [0.15, 0.2) is 0 Å². The van der Waals surface area contributed by atoms with E-state index in [2.05, 4.69) is 15.8 Å². The number of nitrogens with zero attached hydrogens (tertiary/aromatic N) is 1. The summed E-state index contributed by atoms with van der Waals surface area (Å²) in [5, 5.41) is 2.18. The first-order valence-electron chi connectivity index (χ1n) is 3.05. The molecule has 0 N–H and O–H groups in total. The first-order valence-corrected chi connectivity index (χ1v) is 3.89. The van der Waals surface area contributed by atoms with Crippen molar-refractivity contribution >= 4 is 11.9 Å². The van der Waals surface area contributed by atoms with Crippen molar-refractivity contribution in [1.29, 1.82) is 0 Å². The van der Waals surface area contributed by atoms with E-state index in [9.17, 15) is 0 Å². The molecule has 0 aromatic heterocycles. The molecule has 1 saturated carbocycles. The van der Waals surface area contributed by atoms with Gasteiger partial charge in [0.25, 0.3) is 0 Å². The molecule has 44 valence electrons. The van der Waals surface area contributed by atoms with Gasteiger partial charge in [-0.1, -0.05) is 6.08 Å². The molecular formula is C6H9NS. The van der Waals surface area contributed by atoms with Crippen molar-refractivity contribution in [2.45, 2.75) is 18.9 Å². The van der Waals surface area contributed by atoms with E-state index in [1.54, 1.807) is 0 Å². The van der Waals surface area contributed by atoms with Crippen molar-refractivity contribution < 1.29 is 0 Å². The van der Waals surface area contributed by atoms with Crippen LogP contribution in [-0.2, 0) is 0 Å². The lowest BCUT2D eigenvalue weighted by Gasteiger charge is -2.09. The second kappa shape index (κ2) is 1.78. The van der Waals surface area contributed by atoms with E-state index < -0.39 is 0 Å². The summed E-state index contributed by atoms with van der Waals surface area (Å²) >= 11 is 1.87. The van der Waals surface area contributed by atoms with Crippen LogP contribution < -0.4 is 0 Å². The third-order valence-electron chi connectivity index (χ3n) is 1.53. The van der Waals surface area contributed by atoms with Gasteiger partial charge in [0.05, 0.1) is 0 Å². The average Bonchev–Trinajstić information content (AvgIpc) is 2.49. The highest BCUT2D eigenvalue weighted by molar-refractivity contribution is 8.00. The van der Waals surface area contributed by atoms with Crippen LogP contribution in [0, 0.1) is 0 Å². The fraction of sp³-hybridized carbons (Fsp3) is 0.667. The van der Waals surface area contributed by atoms with E-state index in [0.717, 1.165) is 6.04 Å². The standard InChI is InChI=1S/C6H9NS/c1-4-7(8-5-1)6-2-3-6/h1,5-6H,2-4H2. The van der Waals surface area contributed by atoms with Crippen molar-refractivity contribution in [3.8, 4) is 0 Å². The lowest BCUT2D eigenvalue weighted by molar-refractivity contribution is 0.522. The molecule has 0 aromatic carbocycles. The van der Waals surface area contributed by atoms with Gasteiger partial charge >= 0.3 is 0 Å². The van der Waals surface area contributed by atoms with Crippen molar-refractivity contribution in [3.05, 3.63) is 11.5 Å². The summed E-state index contributed by atoms with van der Waals surface area (Å²) in [6, 6.07) is 0.926. The van der Waals surface area contributed by atoms with E-state index in [4.69, 9.17) is 0 Å². The monoisotopic (exact) mass is 127 g/mol. The molecule has 2 heteroatoms. The van der Waals surface area contributed by atoms with Crippen LogP contribution in [0.25, 0.3) is 0 Å². The molecule has 0 saturated heterocycles. The predicted molar refractivity (Wildman–Crippen MR) is 36.5 cm³/mol. The minimum Gasteiger partial charge on any atom is -0.240 e. The van der Waals surface area contributed by atoms with Gasteiger partial charge in [-0.15, -0.1) is 0 Å². The highest BCUT2D eigenvalue weighted by Gasteiger charge is 2.29. The van der Waals surface area contributed by atoms with E-state index >= 15 is 0 Å². The lowest BCUT2D eigenvalue weighted by Crippen LogP contribution is -2.13. The molecule has 0 spiro atoms. The largest absolute Gasteiger partial charge is 0.240 e. The zero-order valence-corrected chi connectivity index (χ0v) is 5.53. The molecule has 1 aliphatic carbocycles. The SMILES string of the molecule is C1=CSN(C2CC2)C1. The normalized spacial score (nSPS) is 29.5. The predicted octanol–water partition coefficient (Wildman–Crippen LogP) is 1.63.